The number of ether oxygens (including phenoxy) is 1. The van der Waals surface area contributed by atoms with Crippen molar-refractivity contribution in [1.82, 2.24) is 5.32 Å². The Hall–Kier alpha value is -3.83. The molecule has 0 heterocycles. The zero-order valence-corrected chi connectivity index (χ0v) is 18.5. The van der Waals surface area contributed by atoms with Crippen LogP contribution in [0.3, 0.4) is 0 Å². The first-order chi connectivity index (χ1) is 16.0. The molecular formula is C27H22ClNO4. The van der Waals surface area contributed by atoms with Crippen LogP contribution in [0.15, 0.2) is 91.0 Å². The number of benzene rings is 4. The maximum absolute atomic E-state index is 12.7. The average Bonchev–Trinajstić information content (AvgIpc) is 2.83. The molecule has 1 atom stereocenters. The van der Waals surface area contributed by atoms with Crippen molar-refractivity contribution < 1.29 is 19.4 Å². The fourth-order valence-corrected chi connectivity index (χ4v) is 3.62. The molecule has 0 aliphatic heterocycles. The summed E-state index contributed by atoms with van der Waals surface area (Å²) in [5.41, 5.74) is 2.25. The molecule has 4 rings (SSSR count). The van der Waals surface area contributed by atoms with Gasteiger partial charge in [0.05, 0.1) is 0 Å². The predicted octanol–water partition coefficient (Wildman–Crippen LogP) is 5.50. The first kappa shape index (κ1) is 22.4. The van der Waals surface area contributed by atoms with Gasteiger partial charge in [-0.3, -0.25) is 4.79 Å². The second-order valence-corrected chi connectivity index (χ2v) is 8.13. The van der Waals surface area contributed by atoms with E-state index < -0.39 is 17.9 Å². The lowest BCUT2D eigenvalue weighted by Gasteiger charge is -2.15. The van der Waals surface area contributed by atoms with Gasteiger partial charge in [0.1, 0.15) is 18.4 Å². The smallest absolute Gasteiger partial charge is 0.326 e. The normalized spacial score (nSPS) is 11.7. The Morgan fingerprint density at radius 2 is 1.55 bits per heavy atom. The topological polar surface area (TPSA) is 75.6 Å². The van der Waals surface area contributed by atoms with E-state index in [1.54, 1.807) is 12.1 Å². The summed E-state index contributed by atoms with van der Waals surface area (Å²) in [5.74, 6) is -0.790. The molecule has 0 radical (unpaired) electrons. The van der Waals surface area contributed by atoms with Gasteiger partial charge in [-0.05, 0) is 58.3 Å². The van der Waals surface area contributed by atoms with Crippen molar-refractivity contribution in [1.29, 1.82) is 0 Å². The molecule has 0 bridgehead atoms. The highest BCUT2D eigenvalue weighted by molar-refractivity contribution is 6.30. The highest BCUT2D eigenvalue weighted by Crippen LogP contribution is 2.23. The van der Waals surface area contributed by atoms with Crippen molar-refractivity contribution in [3.05, 3.63) is 113 Å². The Balaban J connectivity index is 1.44. The van der Waals surface area contributed by atoms with Crippen LogP contribution < -0.4 is 10.1 Å². The molecule has 4 aromatic rings. The molecule has 0 spiro atoms. The number of halogens is 1. The molecule has 0 aliphatic carbocycles. The molecular weight excluding hydrogens is 438 g/mol. The number of fused-ring (bicyclic) bond motifs is 1. The van der Waals surface area contributed by atoms with Crippen molar-refractivity contribution >= 4 is 34.2 Å². The Kier molecular flexibility index (Phi) is 6.91. The van der Waals surface area contributed by atoms with Crippen LogP contribution in [0.5, 0.6) is 5.75 Å². The summed E-state index contributed by atoms with van der Waals surface area (Å²) in [6.45, 7) is 0.418. The van der Waals surface area contributed by atoms with Crippen molar-refractivity contribution in [2.45, 2.75) is 19.1 Å². The molecule has 5 nitrogen and oxygen atoms in total. The maximum Gasteiger partial charge on any atom is 0.326 e. The zero-order chi connectivity index (χ0) is 23.2. The van der Waals surface area contributed by atoms with Crippen LogP contribution in [0, 0.1) is 0 Å². The van der Waals surface area contributed by atoms with E-state index in [-0.39, 0.29) is 6.42 Å². The van der Waals surface area contributed by atoms with Gasteiger partial charge in [-0.25, -0.2) is 4.79 Å². The number of nitrogens with one attached hydrogen (secondary N) is 1. The third-order valence-electron chi connectivity index (χ3n) is 5.28. The lowest BCUT2D eigenvalue weighted by molar-refractivity contribution is -0.139. The fourth-order valence-electron chi connectivity index (χ4n) is 3.49. The largest absolute Gasteiger partial charge is 0.489 e. The van der Waals surface area contributed by atoms with Crippen LogP contribution >= 0.6 is 11.6 Å². The minimum Gasteiger partial charge on any atom is -0.489 e. The first-order valence-electron chi connectivity index (χ1n) is 10.5. The second-order valence-electron chi connectivity index (χ2n) is 7.69. The summed E-state index contributed by atoms with van der Waals surface area (Å²) in [4.78, 5) is 24.4. The molecule has 1 amide bonds. The number of carboxylic acids is 1. The quantitative estimate of drug-likeness (QED) is 0.365. The second kappa shape index (κ2) is 10.2. The van der Waals surface area contributed by atoms with Gasteiger partial charge in [0.2, 0.25) is 0 Å². The third kappa shape index (κ3) is 5.90. The van der Waals surface area contributed by atoms with Crippen LogP contribution in [-0.4, -0.2) is 23.0 Å². The lowest BCUT2D eigenvalue weighted by Crippen LogP contribution is -2.42. The summed E-state index contributed by atoms with van der Waals surface area (Å²) in [6.07, 6.45) is 0.212. The van der Waals surface area contributed by atoms with E-state index in [4.69, 9.17) is 16.3 Å². The number of aliphatic carboxylic acids is 1. The molecule has 6 heteroatoms. The number of hydrogen-bond acceptors (Lipinski definition) is 3. The van der Waals surface area contributed by atoms with E-state index in [0.717, 1.165) is 21.9 Å². The summed E-state index contributed by atoms with van der Waals surface area (Å²) in [6, 6.07) is 26.6. The van der Waals surface area contributed by atoms with E-state index in [2.05, 4.69) is 5.32 Å². The van der Waals surface area contributed by atoms with Gasteiger partial charge >= 0.3 is 5.97 Å². The molecule has 166 valence electrons. The molecule has 0 aromatic heterocycles. The van der Waals surface area contributed by atoms with E-state index in [1.165, 1.54) is 0 Å². The fraction of sp³-hybridized carbons (Fsp3) is 0.111. The number of carbonyl (C=O) groups is 2. The van der Waals surface area contributed by atoms with Gasteiger partial charge < -0.3 is 15.2 Å². The van der Waals surface area contributed by atoms with Crippen LogP contribution in [0.25, 0.3) is 10.8 Å². The standard InChI is InChI=1S/C27H22ClNO4/c28-23-11-6-19(7-12-23)17-33-24-13-10-20-15-22(9-8-21(20)16-24)26(30)29-25(27(31)32)14-18-4-2-1-3-5-18/h1-13,15-16,25H,14,17H2,(H,29,30)(H,31,32). The van der Waals surface area contributed by atoms with Gasteiger partial charge in [0, 0.05) is 17.0 Å². The molecule has 0 fully saturated rings. The Labute approximate surface area is 196 Å². The Morgan fingerprint density at radius 3 is 2.27 bits per heavy atom. The van der Waals surface area contributed by atoms with E-state index in [0.29, 0.717) is 22.9 Å². The van der Waals surface area contributed by atoms with Crippen molar-refractivity contribution in [2.75, 3.05) is 0 Å². The molecule has 33 heavy (non-hydrogen) atoms. The number of hydrogen-bond donors (Lipinski definition) is 2. The maximum atomic E-state index is 12.7. The first-order valence-corrected chi connectivity index (χ1v) is 10.8. The summed E-state index contributed by atoms with van der Waals surface area (Å²) in [7, 11) is 0. The Bertz CT molecular complexity index is 1270. The number of rotatable bonds is 8. The number of carbonyl (C=O) groups excluding carboxylic acids is 1. The van der Waals surface area contributed by atoms with Crippen molar-refractivity contribution in [2.24, 2.45) is 0 Å². The van der Waals surface area contributed by atoms with Gasteiger partial charge in [0.15, 0.2) is 0 Å². The van der Waals surface area contributed by atoms with E-state index in [9.17, 15) is 14.7 Å². The SMILES string of the molecule is O=C(NC(Cc1ccccc1)C(=O)O)c1ccc2cc(OCc3ccc(Cl)cc3)ccc2c1. The van der Waals surface area contributed by atoms with Crippen LogP contribution in [-0.2, 0) is 17.8 Å². The van der Waals surface area contributed by atoms with Crippen molar-refractivity contribution in [3.63, 3.8) is 0 Å². The van der Waals surface area contributed by atoms with Gasteiger partial charge in [-0.1, -0.05) is 66.2 Å². The summed E-state index contributed by atoms with van der Waals surface area (Å²) < 4.78 is 5.87. The molecule has 0 saturated carbocycles. The van der Waals surface area contributed by atoms with Crippen LogP contribution in [0.2, 0.25) is 5.02 Å². The average molecular weight is 460 g/mol. The van der Waals surface area contributed by atoms with Gasteiger partial charge in [-0.2, -0.15) is 0 Å². The van der Waals surface area contributed by atoms with Gasteiger partial charge in [0.25, 0.3) is 5.91 Å². The van der Waals surface area contributed by atoms with E-state index in [1.807, 2.05) is 78.9 Å². The van der Waals surface area contributed by atoms with E-state index >= 15 is 0 Å². The number of carboxylic acid groups (broad SMARTS) is 1. The summed E-state index contributed by atoms with van der Waals surface area (Å²) >= 11 is 5.91. The third-order valence-corrected chi connectivity index (χ3v) is 5.53. The minimum atomic E-state index is -1.07. The van der Waals surface area contributed by atoms with Gasteiger partial charge in [-0.15, -0.1) is 0 Å². The predicted molar refractivity (Wildman–Crippen MR) is 129 cm³/mol. The molecule has 0 saturated heterocycles. The molecule has 4 aromatic carbocycles. The Morgan fingerprint density at radius 1 is 0.848 bits per heavy atom. The monoisotopic (exact) mass is 459 g/mol. The van der Waals surface area contributed by atoms with Crippen molar-refractivity contribution in [3.8, 4) is 5.75 Å². The molecule has 0 aliphatic rings. The highest BCUT2D eigenvalue weighted by atomic mass is 35.5. The highest BCUT2D eigenvalue weighted by Gasteiger charge is 2.21. The molecule has 1 unspecified atom stereocenters. The summed E-state index contributed by atoms with van der Waals surface area (Å²) in [5, 5.41) is 14.6. The van der Waals surface area contributed by atoms with Crippen LogP contribution in [0.1, 0.15) is 21.5 Å². The molecule has 2 N–H and O–H groups in total. The zero-order valence-electron chi connectivity index (χ0n) is 17.7. The lowest BCUT2D eigenvalue weighted by atomic mass is 10.0. The minimum absolute atomic E-state index is 0.212. The number of amides is 1. The van der Waals surface area contributed by atoms with Crippen LogP contribution in [0.4, 0.5) is 0 Å².